The minimum absolute atomic E-state index is 0.0725. The maximum absolute atomic E-state index is 13.3. The first-order valence-electron chi connectivity index (χ1n) is 9.87. The van der Waals surface area contributed by atoms with Crippen molar-refractivity contribution in [3.63, 3.8) is 0 Å². The maximum atomic E-state index is 13.3. The summed E-state index contributed by atoms with van der Waals surface area (Å²) in [6.45, 7) is 0. The number of non-ortho nitro benzene ring substituents is 1. The fraction of sp³-hybridized carbons (Fsp3) is 0.0833. The van der Waals surface area contributed by atoms with E-state index in [1.54, 1.807) is 18.2 Å². The van der Waals surface area contributed by atoms with E-state index in [0.29, 0.717) is 6.07 Å². The molecule has 1 saturated heterocycles. The monoisotopic (exact) mass is 468 g/mol. The number of hydrogen-bond acceptors (Lipinski definition) is 5. The van der Waals surface area contributed by atoms with E-state index in [4.69, 9.17) is 0 Å². The molecular formula is C24H15F3N2O5. The van der Waals surface area contributed by atoms with Crippen LogP contribution in [0.1, 0.15) is 22.7 Å². The minimum atomic E-state index is -4.71. The van der Waals surface area contributed by atoms with E-state index in [1.165, 1.54) is 36.4 Å². The Balaban J connectivity index is 1.98. The summed E-state index contributed by atoms with van der Waals surface area (Å²) in [5.74, 6) is -2.85. The number of carbonyl (C=O) groups is 2. The van der Waals surface area contributed by atoms with Gasteiger partial charge in [-0.15, -0.1) is 0 Å². The topological polar surface area (TPSA) is 101 Å². The standard InChI is InChI=1S/C24H15F3N2O5/c25-24(26,27)16-9-5-10-17(13-16)28-20(15-8-4-11-18(12-15)29(33)34)19(22(31)23(28)32)21(30)14-6-2-1-3-7-14/h1-13,20,30H/b21-19-. The summed E-state index contributed by atoms with van der Waals surface area (Å²) >= 11 is 0. The van der Waals surface area contributed by atoms with E-state index in [1.807, 2.05) is 0 Å². The quantitative estimate of drug-likeness (QED) is 0.186. The third-order valence-corrected chi connectivity index (χ3v) is 5.34. The van der Waals surface area contributed by atoms with Gasteiger partial charge < -0.3 is 5.11 Å². The van der Waals surface area contributed by atoms with Crippen molar-refractivity contribution in [1.82, 2.24) is 0 Å². The van der Waals surface area contributed by atoms with Crippen LogP contribution >= 0.6 is 0 Å². The highest BCUT2D eigenvalue weighted by molar-refractivity contribution is 6.51. The number of nitro benzene ring substituents is 1. The van der Waals surface area contributed by atoms with Gasteiger partial charge in [-0.1, -0.05) is 48.5 Å². The fourth-order valence-electron chi connectivity index (χ4n) is 3.81. The van der Waals surface area contributed by atoms with Crippen LogP contribution in [0.3, 0.4) is 0 Å². The highest BCUT2D eigenvalue weighted by Crippen LogP contribution is 2.43. The first-order valence-corrected chi connectivity index (χ1v) is 9.87. The Labute approximate surface area is 190 Å². The minimum Gasteiger partial charge on any atom is -0.507 e. The number of amides is 1. The molecule has 1 fully saturated rings. The SMILES string of the molecule is O=C1C(=O)N(c2cccc(C(F)(F)F)c2)C(c2cccc([N+](=O)[O-])c2)/C1=C(/O)c1ccccc1. The molecule has 1 N–H and O–H groups in total. The molecule has 1 aliphatic rings. The first kappa shape index (κ1) is 22.7. The lowest BCUT2D eigenvalue weighted by atomic mass is 9.94. The van der Waals surface area contributed by atoms with Crippen molar-refractivity contribution >= 4 is 28.8 Å². The van der Waals surface area contributed by atoms with E-state index in [-0.39, 0.29) is 22.5 Å². The number of aliphatic hydroxyl groups excluding tert-OH is 1. The van der Waals surface area contributed by atoms with Crippen molar-refractivity contribution in [2.45, 2.75) is 12.2 Å². The van der Waals surface area contributed by atoms with Crippen molar-refractivity contribution in [2.24, 2.45) is 0 Å². The predicted molar refractivity (Wildman–Crippen MR) is 116 cm³/mol. The number of anilines is 1. The van der Waals surface area contributed by atoms with Gasteiger partial charge in [-0.2, -0.15) is 13.2 Å². The molecule has 34 heavy (non-hydrogen) atoms. The number of aliphatic hydroxyl groups is 1. The van der Waals surface area contributed by atoms with Crippen molar-refractivity contribution in [3.8, 4) is 0 Å². The van der Waals surface area contributed by atoms with Crippen LogP contribution in [-0.2, 0) is 15.8 Å². The Kier molecular flexibility index (Phi) is 5.66. The van der Waals surface area contributed by atoms with Gasteiger partial charge in [0.25, 0.3) is 17.4 Å². The lowest BCUT2D eigenvalue weighted by molar-refractivity contribution is -0.384. The van der Waals surface area contributed by atoms with Crippen LogP contribution in [0.4, 0.5) is 24.5 Å². The molecule has 1 unspecified atom stereocenters. The Bertz CT molecular complexity index is 1340. The molecule has 0 aromatic heterocycles. The van der Waals surface area contributed by atoms with Crippen LogP contribution in [0.2, 0.25) is 0 Å². The van der Waals surface area contributed by atoms with E-state index >= 15 is 0 Å². The van der Waals surface area contributed by atoms with Crippen LogP contribution in [0.5, 0.6) is 0 Å². The number of hydrogen-bond donors (Lipinski definition) is 1. The highest BCUT2D eigenvalue weighted by atomic mass is 19.4. The van der Waals surface area contributed by atoms with Gasteiger partial charge in [0.1, 0.15) is 5.76 Å². The van der Waals surface area contributed by atoms with Crippen molar-refractivity contribution in [2.75, 3.05) is 4.90 Å². The molecule has 3 aromatic carbocycles. The molecule has 0 saturated carbocycles. The molecule has 7 nitrogen and oxygen atoms in total. The number of nitrogens with zero attached hydrogens (tertiary/aromatic N) is 2. The van der Waals surface area contributed by atoms with Crippen molar-refractivity contribution in [1.29, 1.82) is 0 Å². The number of halogens is 3. The van der Waals surface area contributed by atoms with Crippen LogP contribution in [-0.4, -0.2) is 21.7 Å². The summed E-state index contributed by atoms with van der Waals surface area (Å²) in [6.07, 6.45) is -4.71. The zero-order valence-electron chi connectivity index (χ0n) is 17.2. The zero-order chi connectivity index (χ0) is 24.6. The Morgan fingerprint density at radius 1 is 0.941 bits per heavy atom. The third kappa shape index (κ3) is 4.01. The van der Waals surface area contributed by atoms with Gasteiger partial charge in [-0.3, -0.25) is 24.6 Å². The average Bonchev–Trinajstić information content (AvgIpc) is 3.09. The molecule has 1 aliphatic heterocycles. The maximum Gasteiger partial charge on any atom is 0.416 e. The Hall–Kier alpha value is -4.47. The molecule has 0 radical (unpaired) electrons. The number of alkyl halides is 3. The summed E-state index contributed by atoms with van der Waals surface area (Å²) in [6, 6.07) is 15.2. The van der Waals surface area contributed by atoms with E-state index in [0.717, 1.165) is 23.1 Å². The van der Waals surface area contributed by atoms with Crippen LogP contribution in [0, 0.1) is 10.1 Å². The number of ketones is 1. The number of nitro groups is 1. The molecule has 1 amide bonds. The summed E-state index contributed by atoms with van der Waals surface area (Å²) in [4.78, 5) is 37.5. The summed E-state index contributed by atoms with van der Waals surface area (Å²) in [5, 5.41) is 22.2. The predicted octanol–water partition coefficient (Wildman–Crippen LogP) is 5.24. The molecule has 172 valence electrons. The molecule has 4 rings (SSSR count). The zero-order valence-corrected chi connectivity index (χ0v) is 17.2. The first-order chi connectivity index (χ1) is 16.1. The number of rotatable bonds is 4. The molecular weight excluding hydrogens is 453 g/mol. The smallest absolute Gasteiger partial charge is 0.416 e. The van der Waals surface area contributed by atoms with E-state index in [9.17, 15) is 38.0 Å². The van der Waals surface area contributed by atoms with Gasteiger partial charge in [-0.05, 0) is 23.8 Å². The molecule has 0 aliphatic carbocycles. The van der Waals surface area contributed by atoms with Crippen LogP contribution in [0.25, 0.3) is 5.76 Å². The second kappa shape index (κ2) is 8.47. The molecule has 1 atom stereocenters. The Morgan fingerprint density at radius 2 is 1.62 bits per heavy atom. The molecule has 10 heteroatoms. The molecule has 0 bridgehead atoms. The van der Waals surface area contributed by atoms with E-state index < -0.39 is 45.7 Å². The second-order valence-electron chi connectivity index (χ2n) is 7.44. The Morgan fingerprint density at radius 3 is 2.26 bits per heavy atom. The molecule has 1 heterocycles. The third-order valence-electron chi connectivity index (χ3n) is 5.34. The fourth-order valence-corrected chi connectivity index (χ4v) is 3.81. The second-order valence-corrected chi connectivity index (χ2v) is 7.44. The largest absolute Gasteiger partial charge is 0.507 e. The van der Waals surface area contributed by atoms with Gasteiger partial charge in [-0.25, -0.2) is 0 Å². The van der Waals surface area contributed by atoms with Crippen LogP contribution < -0.4 is 4.90 Å². The van der Waals surface area contributed by atoms with Gasteiger partial charge in [0, 0.05) is 23.4 Å². The highest BCUT2D eigenvalue weighted by Gasteiger charge is 2.47. The van der Waals surface area contributed by atoms with Gasteiger partial charge >= 0.3 is 6.18 Å². The van der Waals surface area contributed by atoms with Gasteiger partial charge in [0.2, 0.25) is 0 Å². The number of Topliss-reactive ketones (excluding diaryl/α,β-unsaturated/α-hetero) is 1. The summed E-state index contributed by atoms with van der Waals surface area (Å²) in [7, 11) is 0. The van der Waals surface area contributed by atoms with Gasteiger partial charge in [0.05, 0.1) is 22.1 Å². The van der Waals surface area contributed by atoms with E-state index in [2.05, 4.69) is 0 Å². The summed E-state index contributed by atoms with van der Waals surface area (Å²) < 4.78 is 40.0. The van der Waals surface area contributed by atoms with Gasteiger partial charge in [0.15, 0.2) is 0 Å². The van der Waals surface area contributed by atoms with Crippen molar-refractivity contribution in [3.05, 3.63) is 111 Å². The number of carbonyl (C=O) groups excluding carboxylic acids is 2. The lowest BCUT2D eigenvalue weighted by Gasteiger charge is -2.26. The number of benzene rings is 3. The van der Waals surface area contributed by atoms with Crippen molar-refractivity contribution < 1.29 is 32.8 Å². The molecule has 0 spiro atoms. The summed E-state index contributed by atoms with van der Waals surface area (Å²) in [5.41, 5.74) is -1.78. The normalized spacial score (nSPS) is 17.7. The lowest BCUT2D eigenvalue weighted by Crippen LogP contribution is -2.29. The van der Waals surface area contributed by atoms with Crippen LogP contribution in [0.15, 0.2) is 84.4 Å². The molecule has 3 aromatic rings. The average molecular weight is 468 g/mol.